The molecular weight excluding hydrogens is 374 g/mol. The van der Waals surface area contributed by atoms with Crippen LogP contribution in [-0.2, 0) is 23.5 Å². The second-order valence-corrected chi connectivity index (χ2v) is 15.9. The summed E-state index contributed by atoms with van der Waals surface area (Å²) in [4.78, 5) is 14.1. The molecule has 0 aliphatic carbocycles. The first-order valence-electron chi connectivity index (χ1n) is 8.93. The van der Waals surface area contributed by atoms with Crippen molar-refractivity contribution in [1.29, 1.82) is 0 Å². The van der Waals surface area contributed by atoms with E-state index in [2.05, 4.69) is 33.9 Å². The second-order valence-electron chi connectivity index (χ2n) is 9.51. The highest BCUT2D eigenvalue weighted by Crippen LogP contribution is 2.39. The summed E-state index contributed by atoms with van der Waals surface area (Å²) in [5, 5.41) is 0.0467. The third kappa shape index (κ3) is 7.17. The Morgan fingerprint density at radius 3 is 2.12 bits per heavy atom. The van der Waals surface area contributed by atoms with Crippen LogP contribution in [0.25, 0.3) is 0 Å². The van der Waals surface area contributed by atoms with Crippen LogP contribution >= 0.6 is 0 Å². The predicted molar refractivity (Wildman–Crippen MR) is 104 cm³/mol. The van der Waals surface area contributed by atoms with Crippen LogP contribution in [0, 0.1) is 0 Å². The average Bonchev–Trinajstić information content (AvgIpc) is 2.74. The summed E-state index contributed by atoms with van der Waals surface area (Å²) in [6.07, 6.45) is 0.905. The normalized spacial score (nSPS) is 22.6. The van der Waals surface area contributed by atoms with Crippen molar-refractivity contribution < 1.29 is 26.6 Å². The number of nitrogens with zero attached hydrogens (tertiary/aromatic N) is 1. The maximum Gasteiger partial charge on any atom is 0.410 e. The Balaban J connectivity index is 2.92. The van der Waals surface area contributed by atoms with Gasteiger partial charge < -0.3 is 14.1 Å². The number of likely N-dealkylation sites (tertiary alicyclic amines) is 1. The van der Waals surface area contributed by atoms with Gasteiger partial charge in [-0.2, -0.15) is 8.42 Å². The first-order chi connectivity index (χ1) is 11.4. The van der Waals surface area contributed by atoms with Crippen molar-refractivity contribution in [3.8, 4) is 0 Å². The van der Waals surface area contributed by atoms with Gasteiger partial charge in [0.1, 0.15) is 5.60 Å². The molecule has 0 bridgehead atoms. The summed E-state index contributed by atoms with van der Waals surface area (Å²) in [5.41, 5.74) is -0.627. The van der Waals surface area contributed by atoms with E-state index in [1.807, 2.05) is 0 Å². The van der Waals surface area contributed by atoms with Crippen molar-refractivity contribution in [2.24, 2.45) is 0 Å². The van der Waals surface area contributed by atoms with E-state index in [-0.39, 0.29) is 17.7 Å². The highest BCUT2D eigenvalue weighted by Gasteiger charge is 2.44. The molecule has 0 saturated carbocycles. The molecule has 154 valence electrons. The first-order valence-corrected chi connectivity index (χ1v) is 13.7. The van der Waals surface area contributed by atoms with E-state index in [0.717, 1.165) is 6.26 Å². The third-order valence-electron chi connectivity index (χ3n) is 4.75. The third-order valence-corrected chi connectivity index (χ3v) is 9.85. The molecule has 0 spiro atoms. The number of carbonyl (C=O) groups excluding carboxylic acids is 1. The monoisotopic (exact) mass is 409 g/mol. The molecule has 1 saturated heterocycles. The lowest BCUT2D eigenvalue weighted by atomic mass is 10.2. The Morgan fingerprint density at radius 2 is 1.69 bits per heavy atom. The lowest BCUT2D eigenvalue weighted by Crippen LogP contribution is -2.45. The van der Waals surface area contributed by atoms with Crippen LogP contribution in [0.4, 0.5) is 4.79 Å². The van der Waals surface area contributed by atoms with E-state index in [1.54, 1.807) is 20.8 Å². The van der Waals surface area contributed by atoms with Gasteiger partial charge in [0.05, 0.1) is 25.0 Å². The van der Waals surface area contributed by atoms with Crippen LogP contribution in [0.15, 0.2) is 0 Å². The van der Waals surface area contributed by atoms with Crippen LogP contribution in [-0.4, -0.2) is 64.9 Å². The summed E-state index contributed by atoms with van der Waals surface area (Å²) < 4.78 is 39.5. The van der Waals surface area contributed by atoms with E-state index in [9.17, 15) is 13.2 Å². The fourth-order valence-corrected chi connectivity index (χ4v) is 4.22. The second kappa shape index (κ2) is 7.77. The largest absolute Gasteiger partial charge is 0.444 e. The Hall–Kier alpha value is -0.643. The molecule has 0 radical (unpaired) electrons. The van der Waals surface area contributed by atoms with Gasteiger partial charge in [-0.1, -0.05) is 20.8 Å². The molecule has 1 rings (SSSR count). The molecule has 0 N–H and O–H groups in total. The molecule has 0 aromatic carbocycles. The van der Waals surface area contributed by atoms with Crippen LogP contribution in [0.5, 0.6) is 0 Å². The van der Waals surface area contributed by atoms with Gasteiger partial charge in [-0.3, -0.25) is 4.18 Å². The fourth-order valence-electron chi connectivity index (χ4n) is 2.46. The molecule has 1 fully saturated rings. The Labute approximate surface area is 159 Å². The summed E-state index contributed by atoms with van der Waals surface area (Å²) in [6.45, 7) is 16.5. The number of ether oxygens (including phenoxy) is 1. The van der Waals surface area contributed by atoms with Crippen LogP contribution in [0.2, 0.25) is 18.1 Å². The summed E-state index contributed by atoms with van der Waals surface area (Å²) in [6, 6.07) is -0.394. The lowest BCUT2D eigenvalue weighted by Gasteiger charge is -2.38. The maximum atomic E-state index is 12.6. The quantitative estimate of drug-likeness (QED) is 0.511. The highest BCUT2D eigenvalue weighted by molar-refractivity contribution is 7.85. The Morgan fingerprint density at radius 1 is 1.15 bits per heavy atom. The Bertz CT molecular complexity index is 606. The minimum Gasteiger partial charge on any atom is -0.444 e. The average molecular weight is 410 g/mol. The molecular formula is C17H35NO6SSi. The molecule has 0 aromatic rings. The zero-order valence-corrected chi connectivity index (χ0v) is 19.4. The molecule has 1 aliphatic rings. The zero-order valence-electron chi connectivity index (χ0n) is 17.6. The minimum absolute atomic E-state index is 0.0467. The van der Waals surface area contributed by atoms with Crippen molar-refractivity contribution >= 4 is 24.5 Å². The smallest absolute Gasteiger partial charge is 0.410 e. The van der Waals surface area contributed by atoms with Crippen molar-refractivity contribution in [3.05, 3.63) is 0 Å². The maximum absolute atomic E-state index is 12.6. The van der Waals surface area contributed by atoms with Crippen LogP contribution < -0.4 is 0 Å². The van der Waals surface area contributed by atoms with Crippen molar-refractivity contribution in [1.82, 2.24) is 4.90 Å². The molecule has 0 aromatic heterocycles. The van der Waals surface area contributed by atoms with Gasteiger partial charge in [0.25, 0.3) is 10.1 Å². The van der Waals surface area contributed by atoms with E-state index in [4.69, 9.17) is 13.3 Å². The standard InChI is InChI=1S/C17H35NO6SSi/c1-16(2,3)23-15(19)18-11-14(24-26(8,9)17(4,5)6)10-13(18)12-22-25(7,20)21/h13-14H,10-12H2,1-9H3. The lowest BCUT2D eigenvalue weighted by molar-refractivity contribution is 0.0176. The number of hydrogen-bond acceptors (Lipinski definition) is 6. The van der Waals surface area contributed by atoms with Gasteiger partial charge in [0.2, 0.25) is 0 Å². The molecule has 1 amide bonds. The summed E-state index contributed by atoms with van der Waals surface area (Å²) >= 11 is 0. The van der Waals surface area contributed by atoms with Gasteiger partial charge in [-0.25, -0.2) is 4.79 Å². The summed E-state index contributed by atoms with van der Waals surface area (Å²) in [5.74, 6) is 0. The number of amides is 1. The van der Waals surface area contributed by atoms with E-state index < -0.39 is 36.2 Å². The topological polar surface area (TPSA) is 82.1 Å². The van der Waals surface area contributed by atoms with E-state index in [0.29, 0.717) is 13.0 Å². The molecule has 26 heavy (non-hydrogen) atoms. The molecule has 1 heterocycles. The molecule has 9 heteroatoms. The summed E-state index contributed by atoms with van der Waals surface area (Å²) in [7, 11) is -5.59. The van der Waals surface area contributed by atoms with E-state index >= 15 is 0 Å². The van der Waals surface area contributed by atoms with Crippen molar-refractivity contribution in [2.75, 3.05) is 19.4 Å². The van der Waals surface area contributed by atoms with Gasteiger partial charge in [0.15, 0.2) is 8.32 Å². The van der Waals surface area contributed by atoms with E-state index in [1.165, 1.54) is 4.90 Å². The van der Waals surface area contributed by atoms with Gasteiger partial charge in [-0.15, -0.1) is 0 Å². The van der Waals surface area contributed by atoms with Crippen LogP contribution in [0.3, 0.4) is 0 Å². The number of hydrogen-bond donors (Lipinski definition) is 0. The molecule has 2 atom stereocenters. The first kappa shape index (κ1) is 23.4. The molecule has 1 aliphatic heterocycles. The van der Waals surface area contributed by atoms with Gasteiger partial charge in [-0.05, 0) is 45.3 Å². The van der Waals surface area contributed by atoms with Crippen LogP contribution in [0.1, 0.15) is 48.0 Å². The number of rotatable bonds is 5. The fraction of sp³-hybridized carbons (Fsp3) is 0.941. The molecule has 7 nitrogen and oxygen atoms in total. The number of carbonyl (C=O) groups is 1. The van der Waals surface area contributed by atoms with Gasteiger partial charge in [0, 0.05) is 6.54 Å². The Kier molecular flexibility index (Phi) is 6.99. The van der Waals surface area contributed by atoms with Crippen molar-refractivity contribution in [3.63, 3.8) is 0 Å². The minimum atomic E-state index is -3.58. The molecule has 2 unspecified atom stereocenters. The predicted octanol–water partition coefficient (Wildman–Crippen LogP) is 3.36. The van der Waals surface area contributed by atoms with Gasteiger partial charge >= 0.3 is 6.09 Å². The highest BCUT2D eigenvalue weighted by atomic mass is 32.2. The van der Waals surface area contributed by atoms with Crippen molar-refractivity contribution in [2.45, 2.75) is 83.8 Å². The SMILES string of the molecule is CC(C)(C)OC(=O)N1CC(O[Si](C)(C)C(C)(C)C)CC1COS(C)(=O)=O. The zero-order chi connectivity index (χ0) is 20.6.